The molecule has 1 aliphatic rings. The number of aryl methyl sites for hydroxylation is 1. The lowest BCUT2D eigenvalue weighted by Gasteiger charge is -2.37. The van der Waals surface area contributed by atoms with E-state index in [0.29, 0.717) is 0 Å². The molecule has 2 unspecified atom stereocenters. The Labute approximate surface area is 90.8 Å². The van der Waals surface area contributed by atoms with Crippen LogP contribution in [-0.2, 0) is 4.74 Å². The van der Waals surface area contributed by atoms with Crippen LogP contribution in [0.2, 0.25) is 0 Å². The summed E-state index contributed by atoms with van der Waals surface area (Å²) in [4.78, 5) is 0. The van der Waals surface area contributed by atoms with Gasteiger partial charge in [0.15, 0.2) is 0 Å². The van der Waals surface area contributed by atoms with Gasteiger partial charge in [-0.1, -0.05) is 6.92 Å². The van der Waals surface area contributed by atoms with Gasteiger partial charge in [0, 0.05) is 13.1 Å². The number of hydrogen-bond donors (Lipinski definition) is 1. The summed E-state index contributed by atoms with van der Waals surface area (Å²) in [7, 11) is 0. The molecule has 0 saturated carbocycles. The number of morpholine rings is 1. The molecule has 0 radical (unpaired) electrons. The molecule has 1 saturated heterocycles. The van der Waals surface area contributed by atoms with E-state index in [0.717, 1.165) is 31.0 Å². The van der Waals surface area contributed by atoms with E-state index in [4.69, 9.17) is 9.15 Å². The van der Waals surface area contributed by atoms with Crippen molar-refractivity contribution in [1.82, 2.24) is 5.32 Å². The maximum atomic E-state index is 6.07. The summed E-state index contributed by atoms with van der Waals surface area (Å²) in [5, 5.41) is 3.40. The molecule has 0 bridgehead atoms. The second-order valence-corrected chi connectivity index (χ2v) is 4.49. The van der Waals surface area contributed by atoms with Crippen LogP contribution in [0.3, 0.4) is 0 Å². The predicted molar refractivity (Wildman–Crippen MR) is 58.8 cm³/mol. The van der Waals surface area contributed by atoms with Crippen LogP contribution in [0.25, 0.3) is 0 Å². The Kier molecular flexibility index (Phi) is 2.85. The molecule has 84 valence electrons. The fourth-order valence-corrected chi connectivity index (χ4v) is 1.89. The Balaban J connectivity index is 2.11. The van der Waals surface area contributed by atoms with Crippen molar-refractivity contribution in [2.45, 2.75) is 38.9 Å². The highest BCUT2D eigenvalue weighted by Crippen LogP contribution is 2.29. The van der Waals surface area contributed by atoms with Crippen molar-refractivity contribution in [3.63, 3.8) is 0 Å². The first-order valence-electron chi connectivity index (χ1n) is 5.58. The summed E-state index contributed by atoms with van der Waals surface area (Å²) in [5.74, 6) is 1.87. The third kappa shape index (κ3) is 2.24. The Bertz CT molecular complexity index is 334. The van der Waals surface area contributed by atoms with Crippen LogP contribution in [0.5, 0.6) is 0 Å². The summed E-state index contributed by atoms with van der Waals surface area (Å²) >= 11 is 0. The van der Waals surface area contributed by atoms with Gasteiger partial charge in [-0.2, -0.15) is 0 Å². The van der Waals surface area contributed by atoms with Gasteiger partial charge in [-0.15, -0.1) is 0 Å². The van der Waals surface area contributed by atoms with Crippen molar-refractivity contribution in [2.75, 3.05) is 13.1 Å². The second-order valence-electron chi connectivity index (χ2n) is 4.49. The van der Waals surface area contributed by atoms with Gasteiger partial charge >= 0.3 is 0 Å². The third-order valence-electron chi connectivity index (χ3n) is 3.08. The maximum Gasteiger partial charge on any atom is 0.134 e. The topological polar surface area (TPSA) is 34.4 Å². The van der Waals surface area contributed by atoms with E-state index in [-0.39, 0.29) is 11.7 Å². The van der Waals surface area contributed by atoms with Crippen molar-refractivity contribution < 1.29 is 9.15 Å². The number of rotatable bonds is 2. The van der Waals surface area contributed by atoms with Gasteiger partial charge < -0.3 is 14.5 Å². The molecular weight excluding hydrogens is 190 g/mol. The highest BCUT2D eigenvalue weighted by molar-refractivity contribution is 5.10. The lowest BCUT2D eigenvalue weighted by molar-refractivity contribution is -0.116. The Hall–Kier alpha value is -0.800. The molecule has 1 fully saturated rings. The highest BCUT2D eigenvalue weighted by atomic mass is 16.5. The van der Waals surface area contributed by atoms with Crippen LogP contribution in [0, 0.1) is 6.92 Å². The number of ether oxygens (including phenoxy) is 1. The average molecular weight is 209 g/mol. The fourth-order valence-electron chi connectivity index (χ4n) is 1.89. The van der Waals surface area contributed by atoms with Gasteiger partial charge in [0.25, 0.3) is 0 Å². The van der Waals surface area contributed by atoms with E-state index in [9.17, 15) is 0 Å². The predicted octanol–water partition coefficient (Wildman–Crippen LogP) is 2.42. The molecular formula is C12H19NO2. The summed E-state index contributed by atoms with van der Waals surface area (Å²) in [6, 6.07) is 3.99. The molecule has 2 atom stereocenters. The largest absolute Gasteiger partial charge is 0.464 e. The smallest absolute Gasteiger partial charge is 0.134 e. The lowest BCUT2D eigenvalue weighted by atomic mass is 10.0. The zero-order valence-corrected chi connectivity index (χ0v) is 9.67. The zero-order valence-electron chi connectivity index (χ0n) is 9.67. The summed E-state index contributed by atoms with van der Waals surface area (Å²) < 4.78 is 11.7. The monoisotopic (exact) mass is 209 g/mol. The summed E-state index contributed by atoms with van der Waals surface area (Å²) in [6.45, 7) is 8.00. The van der Waals surface area contributed by atoms with E-state index < -0.39 is 0 Å². The third-order valence-corrected chi connectivity index (χ3v) is 3.08. The van der Waals surface area contributed by atoms with Crippen molar-refractivity contribution in [3.8, 4) is 0 Å². The summed E-state index contributed by atoms with van der Waals surface area (Å²) in [5.41, 5.74) is -0.0659. The molecule has 0 aromatic carbocycles. The molecule has 1 aliphatic heterocycles. The molecule has 3 nitrogen and oxygen atoms in total. The molecule has 1 N–H and O–H groups in total. The second kappa shape index (κ2) is 3.99. The van der Waals surface area contributed by atoms with Gasteiger partial charge in [-0.05, 0) is 32.4 Å². The Morgan fingerprint density at radius 1 is 1.53 bits per heavy atom. The van der Waals surface area contributed by atoms with E-state index in [2.05, 4.69) is 19.2 Å². The van der Waals surface area contributed by atoms with Crippen molar-refractivity contribution in [3.05, 3.63) is 23.7 Å². The van der Waals surface area contributed by atoms with Crippen LogP contribution in [0.15, 0.2) is 16.5 Å². The first kappa shape index (κ1) is 10.7. The van der Waals surface area contributed by atoms with Crippen LogP contribution < -0.4 is 5.32 Å². The highest BCUT2D eigenvalue weighted by Gasteiger charge is 2.33. The van der Waals surface area contributed by atoms with E-state index in [1.807, 2.05) is 19.1 Å². The molecule has 0 amide bonds. The summed E-state index contributed by atoms with van der Waals surface area (Å²) in [6.07, 6.45) is 1.06. The van der Waals surface area contributed by atoms with E-state index in [1.165, 1.54) is 0 Å². The molecule has 0 spiro atoms. The minimum Gasteiger partial charge on any atom is -0.464 e. The number of furan rings is 1. The quantitative estimate of drug-likeness (QED) is 0.812. The zero-order chi connectivity index (χ0) is 10.9. The van der Waals surface area contributed by atoms with Gasteiger partial charge in [0.05, 0.1) is 5.60 Å². The fraction of sp³-hybridized carbons (Fsp3) is 0.667. The van der Waals surface area contributed by atoms with Crippen LogP contribution >= 0.6 is 0 Å². The van der Waals surface area contributed by atoms with Gasteiger partial charge in [0.1, 0.15) is 17.6 Å². The molecule has 1 aromatic heterocycles. The first-order chi connectivity index (χ1) is 7.13. The SMILES string of the molecule is CCC1(C)CNCC(c2ccc(C)o2)O1. The normalized spacial score (nSPS) is 31.8. The van der Waals surface area contributed by atoms with Crippen molar-refractivity contribution >= 4 is 0 Å². The Morgan fingerprint density at radius 3 is 2.93 bits per heavy atom. The van der Waals surface area contributed by atoms with Crippen molar-refractivity contribution in [2.24, 2.45) is 0 Å². The minimum absolute atomic E-state index is 0.0531. The first-order valence-corrected chi connectivity index (χ1v) is 5.58. The molecule has 1 aromatic rings. The molecule has 3 heteroatoms. The van der Waals surface area contributed by atoms with Crippen LogP contribution in [-0.4, -0.2) is 18.7 Å². The van der Waals surface area contributed by atoms with Gasteiger partial charge in [0.2, 0.25) is 0 Å². The van der Waals surface area contributed by atoms with Gasteiger partial charge in [-0.25, -0.2) is 0 Å². The van der Waals surface area contributed by atoms with Crippen LogP contribution in [0.4, 0.5) is 0 Å². The standard InChI is InChI=1S/C12H19NO2/c1-4-12(3)8-13-7-11(15-12)10-6-5-9(2)14-10/h5-6,11,13H,4,7-8H2,1-3H3. The van der Waals surface area contributed by atoms with E-state index >= 15 is 0 Å². The Morgan fingerprint density at radius 2 is 2.33 bits per heavy atom. The minimum atomic E-state index is -0.0659. The van der Waals surface area contributed by atoms with Crippen molar-refractivity contribution in [1.29, 1.82) is 0 Å². The maximum absolute atomic E-state index is 6.07. The van der Waals surface area contributed by atoms with E-state index in [1.54, 1.807) is 0 Å². The molecule has 2 heterocycles. The number of hydrogen-bond acceptors (Lipinski definition) is 3. The lowest BCUT2D eigenvalue weighted by Crippen LogP contribution is -2.48. The number of nitrogens with one attached hydrogen (secondary N) is 1. The van der Waals surface area contributed by atoms with Crippen LogP contribution in [0.1, 0.15) is 37.9 Å². The molecule has 2 rings (SSSR count). The van der Waals surface area contributed by atoms with Gasteiger partial charge in [-0.3, -0.25) is 0 Å². The average Bonchev–Trinajstić information content (AvgIpc) is 2.65. The molecule has 0 aliphatic carbocycles. The molecule has 15 heavy (non-hydrogen) atoms.